The van der Waals surface area contributed by atoms with Crippen LogP contribution in [-0.4, -0.2) is 60.7 Å². The highest BCUT2D eigenvalue weighted by atomic mass is 32.2. The number of benzene rings is 1. The van der Waals surface area contributed by atoms with E-state index in [1.807, 2.05) is 7.05 Å². The molecule has 1 aromatic heterocycles. The fraction of sp³-hybridized carbons (Fsp3) is 0.412. The Bertz CT molecular complexity index is 971. The van der Waals surface area contributed by atoms with E-state index in [2.05, 4.69) is 4.90 Å². The molecular formula is C17H20N2O6S. The van der Waals surface area contributed by atoms with Gasteiger partial charge in [0.25, 0.3) is 0 Å². The molecule has 0 aliphatic carbocycles. The number of aromatic nitrogens is 1. The lowest BCUT2D eigenvalue weighted by Gasteiger charge is -2.28. The monoisotopic (exact) mass is 380 g/mol. The molecule has 0 spiro atoms. The van der Waals surface area contributed by atoms with Crippen molar-refractivity contribution < 1.29 is 27.9 Å². The number of esters is 1. The van der Waals surface area contributed by atoms with E-state index in [9.17, 15) is 18.0 Å². The molecule has 1 aliphatic rings. The van der Waals surface area contributed by atoms with Crippen LogP contribution in [0.3, 0.4) is 0 Å². The first-order valence-electron chi connectivity index (χ1n) is 8.16. The van der Waals surface area contributed by atoms with Gasteiger partial charge in [0.1, 0.15) is 5.75 Å². The van der Waals surface area contributed by atoms with E-state index in [-0.39, 0.29) is 11.7 Å². The van der Waals surface area contributed by atoms with Gasteiger partial charge in [0.15, 0.2) is 0 Å². The van der Waals surface area contributed by atoms with Gasteiger partial charge in [-0.3, -0.25) is 0 Å². The van der Waals surface area contributed by atoms with Crippen LogP contribution in [0.2, 0.25) is 0 Å². The van der Waals surface area contributed by atoms with Crippen molar-refractivity contribution in [2.24, 2.45) is 0 Å². The molecule has 1 saturated heterocycles. The molecule has 8 nitrogen and oxygen atoms in total. The molecule has 1 aliphatic heterocycles. The van der Waals surface area contributed by atoms with Gasteiger partial charge < -0.3 is 14.7 Å². The van der Waals surface area contributed by atoms with E-state index in [0.29, 0.717) is 10.9 Å². The zero-order valence-corrected chi connectivity index (χ0v) is 15.3. The molecule has 1 N–H and O–H groups in total. The lowest BCUT2D eigenvalue weighted by molar-refractivity contribution is -0.158. The molecule has 0 amide bonds. The van der Waals surface area contributed by atoms with E-state index in [4.69, 9.17) is 9.84 Å². The first kappa shape index (κ1) is 18.4. The number of rotatable bonds is 3. The molecule has 0 atom stereocenters. The molecule has 26 heavy (non-hydrogen) atoms. The molecule has 0 bridgehead atoms. The van der Waals surface area contributed by atoms with Crippen LogP contribution in [-0.2, 0) is 19.6 Å². The first-order chi connectivity index (χ1) is 12.2. The number of likely N-dealkylation sites (tertiary alicyclic amines) is 1. The van der Waals surface area contributed by atoms with Crippen LogP contribution in [0.4, 0.5) is 0 Å². The third-order valence-corrected chi connectivity index (χ3v) is 5.69. The van der Waals surface area contributed by atoms with Crippen LogP contribution in [0.15, 0.2) is 24.4 Å². The number of nitrogens with zero attached hydrogens (tertiary/aromatic N) is 2. The van der Waals surface area contributed by atoms with E-state index >= 15 is 0 Å². The van der Waals surface area contributed by atoms with Crippen molar-refractivity contribution in [3.63, 3.8) is 0 Å². The van der Waals surface area contributed by atoms with Gasteiger partial charge in [0, 0.05) is 11.6 Å². The number of carbonyl (C=O) groups is 2. The lowest BCUT2D eigenvalue weighted by atomic mass is 9.89. The van der Waals surface area contributed by atoms with Crippen molar-refractivity contribution in [3.05, 3.63) is 30.0 Å². The average Bonchev–Trinajstić information content (AvgIpc) is 2.94. The molecule has 1 aromatic carbocycles. The topological polar surface area (TPSA) is 106 Å². The summed E-state index contributed by atoms with van der Waals surface area (Å²) in [5, 5.41) is 9.34. The summed E-state index contributed by atoms with van der Waals surface area (Å²) in [6, 6.07) is 4.45. The Morgan fingerprint density at radius 2 is 1.88 bits per heavy atom. The lowest BCUT2D eigenvalue weighted by Crippen LogP contribution is -2.29. The second kappa shape index (κ2) is 6.73. The van der Waals surface area contributed by atoms with E-state index in [0.717, 1.165) is 37.8 Å². The van der Waals surface area contributed by atoms with Gasteiger partial charge in [0.05, 0.1) is 11.8 Å². The summed E-state index contributed by atoms with van der Waals surface area (Å²) in [5.41, 5.74) is 1.35. The number of hydrogen-bond donors (Lipinski definition) is 1. The minimum atomic E-state index is -3.50. The summed E-state index contributed by atoms with van der Waals surface area (Å²) in [4.78, 5) is 24.2. The van der Waals surface area contributed by atoms with E-state index in [1.165, 1.54) is 22.2 Å². The second-order valence-electron chi connectivity index (χ2n) is 6.59. The van der Waals surface area contributed by atoms with Crippen molar-refractivity contribution in [1.82, 2.24) is 8.87 Å². The van der Waals surface area contributed by atoms with E-state index in [1.54, 1.807) is 6.20 Å². The zero-order valence-electron chi connectivity index (χ0n) is 14.5. The number of piperidine rings is 1. The summed E-state index contributed by atoms with van der Waals surface area (Å²) < 4.78 is 30.3. The fourth-order valence-electron chi connectivity index (χ4n) is 3.34. The predicted molar refractivity (Wildman–Crippen MR) is 94.9 cm³/mol. The molecule has 2 aromatic rings. The van der Waals surface area contributed by atoms with Crippen LogP contribution in [0.1, 0.15) is 24.3 Å². The summed E-state index contributed by atoms with van der Waals surface area (Å²) >= 11 is 0. The number of ether oxygens (including phenoxy) is 1. The molecule has 9 heteroatoms. The van der Waals surface area contributed by atoms with Crippen molar-refractivity contribution in [2.45, 2.75) is 18.8 Å². The highest BCUT2D eigenvalue weighted by molar-refractivity contribution is 7.89. The number of carbonyl (C=O) groups excluding carboxylic acids is 1. The number of hydrogen-bond acceptors (Lipinski definition) is 6. The minimum Gasteiger partial charge on any atom is -0.473 e. The maximum Gasteiger partial charge on any atom is 0.422 e. The van der Waals surface area contributed by atoms with Gasteiger partial charge in [-0.05, 0) is 62.7 Å². The highest BCUT2D eigenvalue weighted by Crippen LogP contribution is 2.36. The van der Waals surface area contributed by atoms with Crippen LogP contribution in [0.5, 0.6) is 5.75 Å². The summed E-state index contributed by atoms with van der Waals surface area (Å²) in [7, 11) is -1.46. The van der Waals surface area contributed by atoms with Crippen LogP contribution in [0.25, 0.3) is 10.9 Å². The Morgan fingerprint density at radius 3 is 2.46 bits per heavy atom. The molecule has 3 rings (SSSR count). The summed E-state index contributed by atoms with van der Waals surface area (Å²) in [6.07, 6.45) is 4.53. The van der Waals surface area contributed by atoms with Crippen molar-refractivity contribution >= 4 is 32.9 Å². The fourth-order valence-corrected chi connectivity index (χ4v) is 4.16. The van der Waals surface area contributed by atoms with Gasteiger partial charge in [-0.2, -0.15) is 0 Å². The average molecular weight is 380 g/mol. The third-order valence-electron chi connectivity index (χ3n) is 4.67. The Morgan fingerprint density at radius 1 is 1.23 bits per heavy atom. The predicted octanol–water partition coefficient (Wildman–Crippen LogP) is 1.25. The van der Waals surface area contributed by atoms with Crippen molar-refractivity contribution in [3.8, 4) is 5.75 Å². The second-order valence-corrected chi connectivity index (χ2v) is 8.45. The highest BCUT2D eigenvalue weighted by Gasteiger charge is 2.25. The van der Waals surface area contributed by atoms with Crippen LogP contribution < -0.4 is 4.74 Å². The third kappa shape index (κ3) is 3.58. The molecule has 0 saturated carbocycles. The van der Waals surface area contributed by atoms with Gasteiger partial charge in [0.2, 0.25) is 10.0 Å². The minimum absolute atomic E-state index is 0.0744. The van der Waals surface area contributed by atoms with Crippen LogP contribution in [0, 0.1) is 0 Å². The maximum absolute atomic E-state index is 12.1. The summed E-state index contributed by atoms with van der Waals surface area (Å²) in [5.74, 6) is -2.81. The maximum atomic E-state index is 12.1. The van der Waals surface area contributed by atoms with Gasteiger partial charge in [-0.25, -0.2) is 22.0 Å². The molecule has 140 valence electrons. The molecule has 1 fully saturated rings. The Hall–Kier alpha value is -2.39. The number of aliphatic carboxylic acids is 1. The number of carboxylic acid groups (broad SMARTS) is 1. The van der Waals surface area contributed by atoms with Gasteiger partial charge >= 0.3 is 11.9 Å². The van der Waals surface area contributed by atoms with Crippen molar-refractivity contribution in [2.75, 3.05) is 26.4 Å². The van der Waals surface area contributed by atoms with Crippen molar-refractivity contribution in [1.29, 1.82) is 0 Å². The van der Waals surface area contributed by atoms with Crippen LogP contribution >= 0.6 is 0 Å². The molecule has 0 unspecified atom stereocenters. The quantitative estimate of drug-likeness (QED) is 0.485. The smallest absolute Gasteiger partial charge is 0.422 e. The largest absolute Gasteiger partial charge is 0.473 e. The van der Waals surface area contributed by atoms with E-state index < -0.39 is 22.0 Å². The van der Waals surface area contributed by atoms with Gasteiger partial charge in [-0.15, -0.1) is 0 Å². The molecule has 2 heterocycles. The SMILES string of the molecule is CN1CCC(c2cn(S(C)(=O)=O)c3ccc(OC(=O)C(=O)O)cc23)CC1. The Labute approximate surface area is 151 Å². The Kier molecular flexibility index (Phi) is 4.76. The normalized spacial score (nSPS) is 16.7. The molecular weight excluding hydrogens is 360 g/mol. The molecule has 0 radical (unpaired) electrons. The zero-order chi connectivity index (χ0) is 19.1. The number of fused-ring (bicyclic) bond motifs is 1. The standard InChI is InChI=1S/C17H20N2O6S/c1-18-7-5-11(6-8-18)14-10-19(26(2,23)24)15-4-3-12(9-13(14)15)25-17(22)16(20)21/h3-4,9-11H,5-8H2,1-2H3,(H,20,21). The Balaban J connectivity index is 2.09. The van der Waals surface area contributed by atoms with Gasteiger partial charge in [-0.1, -0.05) is 0 Å². The first-order valence-corrected chi connectivity index (χ1v) is 10.0. The summed E-state index contributed by atoms with van der Waals surface area (Å²) in [6.45, 7) is 1.81. The number of carboxylic acids is 1.